The van der Waals surface area contributed by atoms with E-state index in [1.54, 1.807) is 12.1 Å². The van der Waals surface area contributed by atoms with E-state index in [1.807, 2.05) is 78.9 Å². The van der Waals surface area contributed by atoms with Crippen molar-refractivity contribution >= 4 is 88.2 Å². The van der Waals surface area contributed by atoms with E-state index in [0.717, 1.165) is 83.1 Å². The topological polar surface area (TPSA) is 58.0 Å². The molecule has 0 fully saturated rings. The van der Waals surface area contributed by atoms with Gasteiger partial charge in [0.05, 0.1) is 76.5 Å². The van der Waals surface area contributed by atoms with Crippen LogP contribution in [0.3, 0.4) is 0 Å². The number of rotatable bonds is 8. The predicted octanol–water partition coefficient (Wildman–Crippen LogP) is 20.3. The third kappa shape index (κ3) is 7.74. The van der Waals surface area contributed by atoms with Crippen LogP contribution in [0, 0.1) is 26.3 Å². The summed E-state index contributed by atoms with van der Waals surface area (Å²) in [5.74, 6) is 0.407. The Morgan fingerprint density at radius 2 is 0.627 bits per heavy atom. The van der Waals surface area contributed by atoms with Crippen molar-refractivity contribution < 1.29 is 0 Å². The molecule has 0 aliphatic carbocycles. The first-order valence-electron chi connectivity index (χ1n) is 27.0. The van der Waals surface area contributed by atoms with Gasteiger partial charge in [0.1, 0.15) is 5.82 Å². The quantitative estimate of drug-likeness (QED) is 0.142. The molecule has 15 rings (SSSR count). The first kappa shape index (κ1) is 48.0. The van der Waals surface area contributed by atoms with E-state index in [-0.39, 0.29) is 0 Å². The number of hydrogen-bond donors (Lipinski definition) is 0. The highest BCUT2D eigenvalue weighted by atomic mass is 15.0. The molecule has 4 aromatic heterocycles. The highest BCUT2D eigenvalue weighted by molar-refractivity contribution is 6.15. The zero-order valence-electron chi connectivity index (χ0n) is 44.2. The van der Waals surface area contributed by atoms with Crippen LogP contribution in [-0.2, 0) is 0 Å². The Hall–Kier alpha value is -12.1. The molecular formula is C74H41N9. The molecule has 15 aromatic rings. The fourth-order valence-electron chi connectivity index (χ4n) is 12.2. The first-order valence-corrected chi connectivity index (χ1v) is 27.0. The van der Waals surface area contributed by atoms with Crippen molar-refractivity contribution in [3.63, 3.8) is 0 Å². The second-order valence-electron chi connectivity index (χ2n) is 20.4. The lowest BCUT2D eigenvalue weighted by atomic mass is 9.98. The molecule has 9 heteroatoms. The van der Waals surface area contributed by atoms with Crippen LogP contribution in [0.4, 0.5) is 22.7 Å². The summed E-state index contributed by atoms with van der Waals surface area (Å²) in [5, 5.41) is 6.71. The Kier molecular flexibility index (Phi) is 11.2. The van der Waals surface area contributed by atoms with Gasteiger partial charge in [0.2, 0.25) is 11.4 Å². The molecule has 11 aromatic carbocycles. The van der Waals surface area contributed by atoms with Crippen LogP contribution >= 0.6 is 0 Å². The van der Waals surface area contributed by atoms with Crippen LogP contribution in [0.25, 0.3) is 158 Å². The van der Waals surface area contributed by atoms with E-state index in [4.69, 9.17) is 36.3 Å². The standard InChI is InChI=1S/C74H41N9/c1-75-61-23-11-5-21-57(61)64-45-63(79-74(80-64)58-22-6-12-24-62(58)76-2)49-35-33-47(34-36-49)46-29-31-48(32-30-46)50-41-65(77-3)73(66(42-50)78-4)83-71-39-37-51(81-67-25-13-7-17-53(67)54-18-8-14-26-68(54)81)43-59(71)60-44-52(38-40-72(60)83)82-69-27-15-9-19-55(69)56-20-10-16-28-70(56)82/h5-45H. The number of para-hydroxylation sites is 6. The summed E-state index contributed by atoms with van der Waals surface area (Å²) >= 11 is 0. The Morgan fingerprint density at radius 3 is 1.08 bits per heavy atom. The van der Waals surface area contributed by atoms with E-state index >= 15 is 0 Å². The number of fused-ring (bicyclic) bond motifs is 9. The minimum atomic E-state index is 0.371. The monoisotopic (exact) mass is 1060 g/mol. The van der Waals surface area contributed by atoms with Crippen LogP contribution in [0.5, 0.6) is 0 Å². The summed E-state index contributed by atoms with van der Waals surface area (Å²) < 4.78 is 6.79. The normalized spacial score (nSPS) is 11.3. The summed E-state index contributed by atoms with van der Waals surface area (Å²) in [6.45, 7) is 33.2. The molecular weight excluding hydrogens is 1010 g/mol. The van der Waals surface area contributed by atoms with Gasteiger partial charge < -0.3 is 13.7 Å². The van der Waals surface area contributed by atoms with E-state index in [9.17, 15) is 0 Å². The minimum Gasteiger partial charge on any atom is -0.329 e. The number of benzene rings is 11. The van der Waals surface area contributed by atoms with Crippen molar-refractivity contribution in [3.05, 3.63) is 294 Å². The third-order valence-electron chi connectivity index (χ3n) is 16.0. The van der Waals surface area contributed by atoms with Gasteiger partial charge in [-0.15, -0.1) is 0 Å². The van der Waals surface area contributed by atoms with Gasteiger partial charge in [0.15, 0.2) is 11.4 Å². The van der Waals surface area contributed by atoms with Crippen molar-refractivity contribution in [1.29, 1.82) is 0 Å². The highest BCUT2D eigenvalue weighted by Crippen LogP contribution is 2.46. The largest absolute Gasteiger partial charge is 0.329 e. The molecule has 9 nitrogen and oxygen atoms in total. The molecule has 0 radical (unpaired) electrons. The summed E-state index contributed by atoms with van der Waals surface area (Å²) in [6, 6.07) is 84.0. The molecule has 0 saturated carbocycles. The van der Waals surface area contributed by atoms with E-state index in [2.05, 4.69) is 191 Å². The Labute approximate surface area is 477 Å². The van der Waals surface area contributed by atoms with Gasteiger partial charge in [-0.2, -0.15) is 0 Å². The second-order valence-corrected chi connectivity index (χ2v) is 20.4. The molecule has 0 bridgehead atoms. The van der Waals surface area contributed by atoms with Crippen molar-refractivity contribution in [1.82, 2.24) is 23.7 Å². The lowest BCUT2D eigenvalue weighted by Crippen LogP contribution is -1.97. The molecule has 0 aliphatic heterocycles. The van der Waals surface area contributed by atoms with Crippen LogP contribution in [0.15, 0.2) is 249 Å². The Bertz CT molecular complexity index is 4990. The molecule has 4 heterocycles. The van der Waals surface area contributed by atoms with Gasteiger partial charge in [-0.25, -0.2) is 29.3 Å². The van der Waals surface area contributed by atoms with E-state index in [1.165, 1.54) is 21.5 Å². The Balaban J connectivity index is 0.829. The lowest BCUT2D eigenvalue weighted by molar-refractivity contribution is 1.17. The first-order chi connectivity index (χ1) is 41.0. The average molecular weight is 1060 g/mol. The fourth-order valence-corrected chi connectivity index (χ4v) is 12.2. The maximum absolute atomic E-state index is 8.74. The van der Waals surface area contributed by atoms with Crippen LogP contribution in [0.2, 0.25) is 0 Å². The summed E-state index contributed by atoms with van der Waals surface area (Å²) in [6.07, 6.45) is 0. The maximum Gasteiger partial charge on any atom is 0.200 e. The third-order valence-corrected chi connectivity index (χ3v) is 16.0. The molecule has 0 spiro atoms. The highest BCUT2D eigenvalue weighted by Gasteiger charge is 2.23. The summed E-state index contributed by atoms with van der Waals surface area (Å²) in [7, 11) is 0. The molecule has 0 unspecified atom stereocenters. The zero-order chi connectivity index (χ0) is 55.7. The van der Waals surface area contributed by atoms with Crippen LogP contribution < -0.4 is 0 Å². The molecule has 0 amide bonds. The minimum absolute atomic E-state index is 0.371. The Morgan fingerprint density at radius 1 is 0.265 bits per heavy atom. The van der Waals surface area contributed by atoms with Crippen molar-refractivity contribution in [2.24, 2.45) is 0 Å². The van der Waals surface area contributed by atoms with E-state index in [0.29, 0.717) is 56.8 Å². The molecule has 0 saturated heterocycles. The van der Waals surface area contributed by atoms with Crippen LogP contribution in [0.1, 0.15) is 0 Å². The number of aromatic nitrogens is 5. The van der Waals surface area contributed by atoms with Gasteiger partial charge in [0.25, 0.3) is 0 Å². The van der Waals surface area contributed by atoms with Gasteiger partial charge in [-0.05, 0) is 101 Å². The molecule has 83 heavy (non-hydrogen) atoms. The SMILES string of the molecule is [C-]#[N+]c1ccccc1-c1cc(-c2ccc(-c3ccc(-c4cc([N+]#[C-])c(-n5c6ccc(-n7c8ccccc8c8ccccc87)cc6c6cc(-n7c8ccccc8c8ccccc87)ccc65)c([N+]#[C-])c4)cc3)cc2)nc(-c2ccccc2[N+]#[C-])n1. The van der Waals surface area contributed by atoms with Crippen molar-refractivity contribution in [3.8, 4) is 73.2 Å². The van der Waals surface area contributed by atoms with Crippen molar-refractivity contribution in [2.75, 3.05) is 0 Å². The van der Waals surface area contributed by atoms with Crippen molar-refractivity contribution in [2.45, 2.75) is 0 Å². The van der Waals surface area contributed by atoms with Crippen LogP contribution in [-0.4, -0.2) is 23.7 Å². The van der Waals surface area contributed by atoms with Gasteiger partial charge >= 0.3 is 0 Å². The van der Waals surface area contributed by atoms with Gasteiger partial charge in [-0.1, -0.05) is 170 Å². The summed E-state index contributed by atoms with van der Waals surface area (Å²) in [5.41, 5.74) is 17.5. The van der Waals surface area contributed by atoms with E-state index < -0.39 is 0 Å². The lowest BCUT2D eigenvalue weighted by Gasteiger charge is -2.16. The fraction of sp³-hybridized carbons (Fsp3) is 0. The number of nitrogens with zero attached hydrogens (tertiary/aromatic N) is 9. The number of hydrogen-bond acceptors (Lipinski definition) is 2. The molecule has 382 valence electrons. The molecule has 0 aliphatic rings. The zero-order valence-corrected chi connectivity index (χ0v) is 44.2. The van der Waals surface area contributed by atoms with Gasteiger partial charge in [0, 0.05) is 60.4 Å². The summed E-state index contributed by atoms with van der Waals surface area (Å²) in [4.78, 5) is 25.8. The second kappa shape index (κ2) is 19.3. The molecule has 0 N–H and O–H groups in total. The smallest absolute Gasteiger partial charge is 0.200 e. The predicted molar refractivity (Wildman–Crippen MR) is 337 cm³/mol. The average Bonchev–Trinajstić information content (AvgIpc) is 3.95. The van der Waals surface area contributed by atoms with Gasteiger partial charge in [-0.3, -0.25) is 0 Å². The maximum atomic E-state index is 8.74. The molecule has 0 atom stereocenters.